The molecule has 0 fully saturated rings. The number of nitrogen functional groups attached to an aromatic ring is 1. The Labute approximate surface area is 159 Å². The molecule has 1 unspecified atom stereocenters. The number of nitrogens with one attached hydrogen (secondary N) is 1. The van der Waals surface area contributed by atoms with Crippen molar-refractivity contribution in [3.05, 3.63) is 57.5 Å². The van der Waals surface area contributed by atoms with Gasteiger partial charge in [-0.2, -0.15) is 18.3 Å². The van der Waals surface area contributed by atoms with Gasteiger partial charge in [0, 0.05) is 18.3 Å². The predicted molar refractivity (Wildman–Crippen MR) is 98.8 cm³/mol. The van der Waals surface area contributed by atoms with Gasteiger partial charge in [-0.05, 0) is 50.8 Å². The number of anilines is 1. The molecule has 2 rings (SSSR count). The summed E-state index contributed by atoms with van der Waals surface area (Å²) in [6, 6.07) is 4.89. The van der Waals surface area contributed by atoms with Crippen molar-refractivity contribution in [3.63, 3.8) is 0 Å². The van der Waals surface area contributed by atoms with Gasteiger partial charge in [-0.3, -0.25) is 9.59 Å². The molecule has 0 saturated heterocycles. The van der Waals surface area contributed by atoms with Gasteiger partial charge >= 0.3 is 6.18 Å². The number of halogens is 3. The number of hydrogen-bond acceptors (Lipinski definition) is 5. The number of carbonyl (C=O) groups is 1. The number of benzene rings is 1. The second-order valence-corrected chi connectivity index (χ2v) is 6.66. The topological polar surface area (TPSA) is 93.2 Å². The Balaban J connectivity index is 2.20. The molecule has 0 saturated carbocycles. The smallest absolute Gasteiger partial charge is 0.399 e. The molecule has 3 N–H and O–H groups in total. The first-order valence-corrected chi connectivity index (χ1v) is 8.49. The van der Waals surface area contributed by atoms with E-state index < -0.39 is 23.7 Å². The molecule has 1 heterocycles. The van der Waals surface area contributed by atoms with Gasteiger partial charge in [-0.15, -0.1) is 0 Å². The number of alkyl halides is 3. The molecular formula is C18H22F3N5O2. The molecule has 0 radical (unpaired) electrons. The third-order valence-corrected chi connectivity index (χ3v) is 4.01. The van der Waals surface area contributed by atoms with E-state index in [2.05, 4.69) is 10.4 Å². The number of carbonyl (C=O) groups excluding carboxylic acids is 1. The Morgan fingerprint density at radius 2 is 1.96 bits per heavy atom. The molecular weight excluding hydrogens is 375 g/mol. The minimum absolute atomic E-state index is 0.00912. The maximum Gasteiger partial charge on any atom is 0.416 e. The van der Waals surface area contributed by atoms with E-state index in [0.717, 1.165) is 12.1 Å². The molecule has 2 aromatic rings. The van der Waals surface area contributed by atoms with Gasteiger partial charge in [0.1, 0.15) is 5.69 Å². The predicted octanol–water partition coefficient (Wildman–Crippen LogP) is 1.90. The van der Waals surface area contributed by atoms with Crippen LogP contribution in [-0.4, -0.2) is 41.2 Å². The Bertz CT molecular complexity index is 909. The summed E-state index contributed by atoms with van der Waals surface area (Å²) in [6.45, 7) is 2.39. The number of aromatic nitrogens is 2. The van der Waals surface area contributed by atoms with Crippen LogP contribution in [-0.2, 0) is 12.7 Å². The Kier molecular flexibility index (Phi) is 6.45. The Morgan fingerprint density at radius 1 is 1.29 bits per heavy atom. The standard InChI is InChI=1S/C18H22F3N5O2/c1-11(12-8-13(18(19,20)21)10-14(22)9-12)23-17(28)15-4-5-16(27)26(24-15)7-6-25(2)3/h4-5,8-11H,6-7,22H2,1-3H3,(H,23,28). The zero-order valence-corrected chi connectivity index (χ0v) is 15.7. The summed E-state index contributed by atoms with van der Waals surface area (Å²) < 4.78 is 40.1. The zero-order chi connectivity index (χ0) is 21.1. The molecule has 0 aliphatic rings. The van der Waals surface area contributed by atoms with Crippen LogP contribution in [0.1, 0.15) is 34.6 Å². The Hall–Kier alpha value is -2.88. The molecule has 1 amide bonds. The number of likely N-dealkylation sites (N-methyl/N-ethyl adjacent to an activating group) is 1. The zero-order valence-electron chi connectivity index (χ0n) is 15.7. The normalized spacial score (nSPS) is 12.8. The van der Waals surface area contributed by atoms with Crippen molar-refractivity contribution < 1.29 is 18.0 Å². The van der Waals surface area contributed by atoms with Crippen molar-refractivity contribution in [2.75, 3.05) is 26.4 Å². The first kappa shape index (κ1) is 21.4. The second kappa shape index (κ2) is 8.42. The molecule has 28 heavy (non-hydrogen) atoms. The highest BCUT2D eigenvalue weighted by Crippen LogP contribution is 2.32. The molecule has 152 valence electrons. The fourth-order valence-electron chi connectivity index (χ4n) is 2.47. The third-order valence-electron chi connectivity index (χ3n) is 4.01. The monoisotopic (exact) mass is 397 g/mol. The average molecular weight is 397 g/mol. The SMILES string of the molecule is CC(NC(=O)c1ccc(=O)n(CCN(C)C)n1)c1cc(N)cc(C(F)(F)F)c1. The summed E-state index contributed by atoms with van der Waals surface area (Å²) in [5.74, 6) is -0.609. The van der Waals surface area contributed by atoms with Crippen LogP contribution in [0.15, 0.2) is 35.1 Å². The number of nitrogens with zero attached hydrogens (tertiary/aromatic N) is 3. The van der Waals surface area contributed by atoms with E-state index in [4.69, 9.17) is 5.73 Å². The van der Waals surface area contributed by atoms with E-state index in [0.29, 0.717) is 13.1 Å². The average Bonchev–Trinajstić information content (AvgIpc) is 2.59. The van der Waals surface area contributed by atoms with Gasteiger partial charge in [0.2, 0.25) is 0 Å². The van der Waals surface area contributed by atoms with Crippen molar-refractivity contribution >= 4 is 11.6 Å². The van der Waals surface area contributed by atoms with E-state index in [1.54, 1.807) is 0 Å². The number of amides is 1. The van der Waals surface area contributed by atoms with Crippen molar-refractivity contribution in [2.45, 2.75) is 25.7 Å². The van der Waals surface area contributed by atoms with Crippen LogP contribution in [0.3, 0.4) is 0 Å². The summed E-state index contributed by atoms with van der Waals surface area (Å²) in [5, 5.41) is 6.61. The fourth-order valence-corrected chi connectivity index (χ4v) is 2.47. The van der Waals surface area contributed by atoms with Crippen molar-refractivity contribution in [3.8, 4) is 0 Å². The lowest BCUT2D eigenvalue weighted by atomic mass is 10.0. The highest BCUT2D eigenvalue weighted by atomic mass is 19.4. The van der Waals surface area contributed by atoms with Crippen molar-refractivity contribution in [1.29, 1.82) is 0 Å². The molecule has 1 aromatic carbocycles. The highest BCUT2D eigenvalue weighted by molar-refractivity contribution is 5.92. The molecule has 0 spiro atoms. The highest BCUT2D eigenvalue weighted by Gasteiger charge is 2.31. The summed E-state index contributed by atoms with van der Waals surface area (Å²) in [6.07, 6.45) is -4.54. The molecule has 1 aromatic heterocycles. The number of hydrogen-bond donors (Lipinski definition) is 2. The van der Waals surface area contributed by atoms with Gasteiger partial charge in [0.15, 0.2) is 0 Å². The van der Waals surface area contributed by atoms with E-state index >= 15 is 0 Å². The third kappa shape index (κ3) is 5.56. The molecule has 0 aliphatic carbocycles. The summed E-state index contributed by atoms with van der Waals surface area (Å²) >= 11 is 0. The van der Waals surface area contributed by atoms with Crippen LogP contribution in [0.2, 0.25) is 0 Å². The van der Waals surface area contributed by atoms with Crippen molar-refractivity contribution in [2.24, 2.45) is 0 Å². The number of rotatable bonds is 6. The minimum atomic E-state index is -4.54. The van der Waals surface area contributed by atoms with Crippen LogP contribution in [0.25, 0.3) is 0 Å². The quantitative estimate of drug-likeness (QED) is 0.727. The van der Waals surface area contributed by atoms with Gasteiger partial charge in [-0.1, -0.05) is 0 Å². The molecule has 7 nitrogen and oxygen atoms in total. The van der Waals surface area contributed by atoms with Crippen LogP contribution in [0.5, 0.6) is 0 Å². The first-order valence-electron chi connectivity index (χ1n) is 8.49. The molecule has 10 heteroatoms. The maximum atomic E-state index is 13.0. The van der Waals surface area contributed by atoms with E-state index in [1.165, 1.54) is 29.8 Å². The van der Waals surface area contributed by atoms with Crippen LogP contribution in [0, 0.1) is 0 Å². The lowest BCUT2D eigenvalue weighted by molar-refractivity contribution is -0.137. The lowest BCUT2D eigenvalue weighted by Crippen LogP contribution is -2.33. The van der Waals surface area contributed by atoms with Crippen LogP contribution in [0.4, 0.5) is 18.9 Å². The second-order valence-electron chi connectivity index (χ2n) is 6.66. The van der Waals surface area contributed by atoms with Crippen molar-refractivity contribution in [1.82, 2.24) is 20.0 Å². The van der Waals surface area contributed by atoms with Gasteiger partial charge in [0.25, 0.3) is 11.5 Å². The van der Waals surface area contributed by atoms with Crippen LogP contribution >= 0.6 is 0 Å². The fraction of sp³-hybridized carbons (Fsp3) is 0.389. The van der Waals surface area contributed by atoms with E-state index in [1.807, 2.05) is 19.0 Å². The summed E-state index contributed by atoms with van der Waals surface area (Å²) in [7, 11) is 3.67. The Morgan fingerprint density at radius 3 is 2.57 bits per heavy atom. The van der Waals surface area contributed by atoms with Gasteiger partial charge < -0.3 is 16.0 Å². The molecule has 1 atom stereocenters. The van der Waals surface area contributed by atoms with E-state index in [-0.39, 0.29) is 22.5 Å². The van der Waals surface area contributed by atoms with Gasteiger partial charge in [-0.25, -0.2) is 4.68 Å². The summed E-state index contributed by atoms with van der Waals surface area (Å²) in [5.41, 5.74) is 4.47. The van der Waals surface area contributed by atoms with E-state index in [9.17, 15) is 22.8 Å². The maximum absolute atomic E-state index is 13.0. The number of nitrogens with two attached hydrogens (primary N) is 1. The largest absolute Gasteiger partial charge is 0.416 e. The minimum Gasteiger partial charge on any atom is -0.399 e. The lowest BCUT2D eigenvalue weighted by Gasteiger charge is -2.17. The molecule has 0 aliphatic heterocycles. The molecule has 0 bridgehead atoms. The van der Waals surface area contributed by atoms with Crippen LogP contribution < -0.4 is 16.6 Å². The van der Waals surface area contributed by atoms with Gasteiger partial charge in [0.05, 0.1) is 18.2 Å². The summed E-state index contributed by atoms with van der Waals surface area (Å²) in [4.78, 5) is 26.2. The first-order chi connectivity index (χ1) is 13.0.